The molecule has 1 nitrogen and oxygen atoms in total. The van der Waals surface area contributed by atoms with Crippen LogP contribution in [-0.2, 0) is 0 Å². The standard InChI is InChI=1S/C19H31NS/c1-21-19-15-13-18(14-16-19)20-17-11-9-7-5-3-2-4-6-8-10-12-17/h13-17,20H,2-12H2,1H3. The van der Waals surface area contributed by atoms with Crippen LogP contribution in [0.1, 0.15) is 70.6 Å². The molecule has 0 amide bonds. The molecule has 0 saturated heterocycles. The van der Waals surface area contributed by atoms with Crippen molar-refractivity contribution in [3.05, 3.63) is 24.3 Å². The van der Waals surface area contributed by atoms with Gasteiger partial charge in [-0.05, 0) is 43.4 Å². The highest BCUT2D eigenvalue weighted by Gasteiger charge is 2.09. The lowest BCUT2D eigenvalue weighted by atomic mass is 9.98. The Kier molecular flexibility index (Phi) is 8.09. The van der Waals surface area contributed by atoms with Crippen molar-refractivity contribution >= 4 is 17.4 Å². The summed E-state index contributed by atoms with van der Waals surface area (Å²) in [4.78, 5) is 1.35. The Labute approximate surface area is 135 Å². The second-order valence-corrected chi connectivity index (χ2v) is 7.21. The van der Waals surface area contributed by atoms with E-state index in [0.717, 1.165) is 0 Å². The van der Waals surface area contributed by atoms with Crippen LogP contribution in [0, 0.1) is 0 Å². The van der Waals surface area contributed by atoms with Crippen LogP contribution in [0.2, 0.25) is 0 Å². The van der Waals surface area contributed by atoms with E-state index >= 15 is 0 Å². The van der Waals surface area contributed by atoms with Gasteiger partial charge in [-0.2, -0.15) is 0 Å². The van der Waals surface area contributed by atoms with Gasteiger partial charge in [0.25, 0.3) is 0 Å². The second kappa shape index (κ2) is 10.2. The molecule has 0 atom stereocenters. The summed E-state index contributed by atoms with van der Waals surface area (Å²) >= 11 is 1.81. The van der Waals surface area contributed by atoms with E-state index in [1.54, 1.807) is 0 Å². The Bertz CT molecular complexity index is 362. The smallest absolute Gasteiger partial charge is 0.0343 e. The first kappa shape index (κ1) is 16.7. The molecule has 1 aliphatic carbocycles. The normalized spacial score (nSPS) is 19.5. The van der Waals surface area contributed by atoms with Gasteiger partial charge in [-0.1, -0.05) is 57.8 Å². The molecule has 0 unspecified atom stereocenters. The molecule has 1 aromatic carbocycles. The minimum Gasteiger partial charge on any atom is -0.382 e. The van der Waals surface area contributed by atoms with E-state index in [1.807, 2.05) is 11.8 Å². The summed E-state index contributed by atoms with van der Waals surface area (Å²) in [6.45, 7) is 0. The van der Waals surface area contributed by atoms with Crippen molar-refractivity contribution < 1.29 is 0 Å². The van der Waals surface area contributed by atoms with Gasteiger partial charge in [-0.3, -0.25) is 0 Å². The molecule has 118 valence electrons. The van der Waals surface area contributed by atoms with E-state index in [0.29, 0.717) is 6.04 Å². The number of hydrogen-bond donors (Lipinski definition) is 1. The van der Waals surface area contributed by atoms with Crippen LogP contribution < -0.4 is 5.32 Å². The molecular formula is C19H31NS. The lowest BCUT2D eigenvalue weighted by molar-refractivity contribution is 0.480. The lowest BCUT2D eigenvalue weighted by Gasteiger charge is -2.21. The minimum atomic E-state index is 0.671. The third-order valence-electron chi connectivity index (χ3n) is 4.57. The van der Waals surface area contributed by atoms with Gasteiger partial charge in [0.2, 0.25) is 0 Å². The van der Waals surface area contributed by atoms with E-state index in [4.69, 9.17) is 0 Å². The summed E-state index contributed by atoms with van der Waals surface area (Å²) in [7, 11) is 0. The molecule has 2 heteroatoms. The van der Waals surface area contributed by atoms with Crippen molar-refractivity contribution in [1.29, 1.82) is 0 Å². The van der Waals surface area contributed by atoms with Crippen LogP contribution in [0.5, 0.6) is 0 Å². The number of anilines is 1. The molecule has 21 heavy (non-hydrogen) atoms. The molecule has 0 heterocycles. The molecule has 0 spiro atoms. The summed E-state index contributed by atoms with van der Waals surface area (Å²) in [6, 6.07) is 9.60. The maximum atomic E-state index is 3.77. The fourth-order valence-corrected chi connectivity index (χ4v) is 3.64. The van der Waals surface area contributed by atoms with Gasteiger partial charge in [-0.15, -0.1) is 11.8 Å². The fraction of sp³-hybridized carbons (Fsp3) is 0.684. The second-order valence-electron chi connectivity index (χ2n) is 6.33. The van der Waals surface area contributed by atoms with Crippen molar-refractivity contribution in [3.8, 4) is 0 Å². The first-order chi connectivity index (χ1) is 10.4. The van der Waals surface area contributed by atoms with E-state index < -0.39 is 0 Å². The molecular weight excluding hydrogens is 274 g/mol. The third-order valence-corrected chi connectivity index (χ3v) is 5.31. The Morgan fingerprint density at radius 2 is 1.24 bits per heavy atom. The minimum absolute atomic E-state index is 0.671. The highest BCUT2D eigenvalue weighted by atomic mass is 32.2. The number of benzene rings is 1. The molecule has 0 bridgehead atoms. The SMILES string of the molecule is CSc1ccc(NC2CCCCCCCCCCC2)cc1. The topological polar surface area (TPSA) is 12.0 Å². The maximum Gasteiger partial charge on any atom is 0.0343 e. The molecule has 1 N–H and O–H groups in total. The number of rotatable bonds is 3. The largest absolute Gasteiger partial charge is 0.382 e. The summed E-state index contributed by atoms with van der Waals surface area (Å²) < 4.78 is 0. The Hall–Kier alpha value is -0.630. The molecule has 1 fully saturated rings. The van der Waals surface area contributed by atoms with E-state index in [1.165, 1.54) is 81.2 Å². The molecule has 2 rings (SSSR count). The summed E-state index contributed by atoms with van der Waals surface area (Å²) in [6.07, 6.45) is 17.7. The first-order valence-electron chi connectivity index (χ1n) is 8.79. The summed E-state index contributed by atoms with van der Waals surface area (Å²) in [5.74, 6) is 0. The van der Waals surface area contributed by atoms with Gasteiger partial charge in [-0.25, -0.2) is 0 Å². The first-order valence-corrected chi connectivity index (χ1v) is 10.0. The van der Waals surface area contributed by atoms with Crippen LogP contribution in [0.4, 0.5) is 5.69 Å². The van der Waals surface area contributed by atoms with Gasteiger partial charge in [0.1, 0.15) is 0 Å². The van der Waals surface area contributed by atoms with Gasteiger partial charge >= 0.3 is 0 Å². The third kappa shape index (κ3) is 6.78. The zero-order valence-corrected chi connectivity index (χ0v) is 14.4. The predicted molar refractivity (Wildman–Crippen MR) is 96.4 cm³/mol. The number of thioether (sulfide) groups is 1. The molecule has 1 aliphatic rings. The Morgan fingerprint density at radius 3 is 1.71 bits per heavy atom. The molecule has 0 aliphatic heterocycles. The van der Waals surface area contributed by atoms with E-state index in [-0.39, 0.29) is 0 Å². The van der Waals surface area contributed by atoms with Crippen LogP contribution in [-0.4, -0.2) is 12.3 Å². The van der Waals surface area contributed by atoms with Gasteiger partial charge < -0.3 is 5.32 Å². The average molecular weight is 306 g/mol. The summed E-state index contributed by atoms with van der Waals surface area (Å²) in [5, 5.41) is 3.77. The van der Waals surface area contributed by atoms with Crippen molar-refractivity contribution in [3.63, 3.8) is 0 Å². The van der Waals surface area contributed by atoms with Crippen molar-refractivity contribution in [1.82, 2.24) is 0 Å². The van der Waals surface area contributed by atoms with Crippen molar-refractivity contribution in [2.75, 3.05) is 11.6 Å². The highest BCUT2D eigenvalue weighted by molar-refractivity contribution is 7.98. The Morgan fingerprint density at radius 1 is 0.762 bits per heavy atom. The molecule has 0 radical (unpaired) electrons. The van der Waals surface area contributed by atoms with Gasteiger partial charge in [0, 0.05) is 16.6 Å². The van der Waals surface area contributed by atoms with Crippen LogP contribution >= 0.6 is 11.8 Å². The lowest BCUT2D eigenvalue weighted by Crippen LogP contribution is -2.19. The van der Waals surface area contributed by atoms with Crippen molar-refractivity contribution in [2.24, 2.45) is 0 Å². The quantitative estimate of drug-likeness (QED) is 0.640. The highest BCUT2D eigenvalue weighted by Crippen LogP contribution is 2.22. The molecule has 1 saturated carbocycles. The number of nitrogens with one attached hydrogen (secondary N) is 1. The van der Waals surface area contributed by atoms with Gasteiger partial charge in [0.05, 0.1) is 0 Å². The van der Waals surface area contributed by atoms with E-state index in [9.17, 15) is 0 Å². The van der Waals surface area contributed by atoms with Crippen LogP contribution in [0.25, 0.3) is 0 Å². The monoisotopic (exact) mass is 305 g/mol. The molecule has 1 aromatic rings. The zero-order chi connectivity index (χ0) is 14.8. The average Bonchev–Trinajstić information content (AvgIpc) is 2.51. The molecule has 0 aromatic heterocycles. The Balaban J connectivity index is 1.84. The van der Waals surface area contributed by atoms with Crippen LogP contribution in [0.15, 0.2) is 29.2 Å². The zero-order valence-electron chi connectivity index (χ0n) is 13.6. The van der Waals surface area contributed by atoms with Crippen LogP contribution in [0.3, 0.4) is 0 Å². The van der Waals surface area contributed by atoms with Crippen molar-refractivity contribution in [2.45, 2.75) is 81.6 Å². The predicted octanol–water partition coefficient (Wildman–Crippen LogP) is 6.49. The van der Waals surface area contributed by atoms with E-state index in [2.05, 4.69) is 35.8 Å². The van der Waals surface area contributed by atoms with Gasteiger partial charge in [0.15, 0.2) is 0 Å². The number of hydrogen-bond acceptors (Lipinski definition) is 2. The fourth-order valence-electron chi connectivity index (χ4n) is 3.23. The summed E-state index contributed by atoms with van der Waals surface area (Å²) in [5.41, 5.74) is 1.30. The maximum absolute atomic E-state index is 3.77.